The first kappa shape index (κ1) is 26.2. The van der Waals surface area contributed by atoms with E-state index in [9.17, 15) is 9.59 Å². The summed E-state index contributed by atoms with van der Waals surface area (Å²) in [5, 5.41) is 1.15. The minimum atomic E-state index is -0.210. The normalized spacial score (nSPS) is 10.9. The molecule has 0 aliphatic heterocycles. The Balaban J connectivity index is 1.76. The van der Waals surface area contributed by atoms with E-state index in [1.165, 1.54) is 7.11 Å². The van der Waals surface area contributed by atoms with E-state index in [-0.39, 0.29) is 25.0 Å². The number of fused-ring (bicyclic) bond motifs is 1. The van der Waals surface area contributed by atoms with Crippen molar-refractivity contribution in [1.29, 1.82) is 0 Å². The Hall–Kier alpha value is -3.36. The van der Waals surface area contributed by atoms with E-state index in [0.717, 1.165) is 27.8 Å². The van der Waals surface area contributed by atoms with Crippen molar-refractivity contribution in [3.63, 3.8) is 0 Å². The lowest BCUT2D eigenvalue weighted by atomic mass is 10.1. The van der Waals surface area contributed by atoms with E-state index in [2.05, 4.69) is 11.1 Å². The van der Waals surface area contributed by atoms with Crippen LogP contribution in [0, 0.1) is 0 Å². The molecule has 0 aliphatic carbocycles. The van der Waals surface area contributed by atoms with Gasteiger partial charge in [0.05, 0.1) is 13.7 Å². The summed E-state index contributed by atoms with van der Waals surface area (Å²) in [4.78, 5) is 32.7. The molecule has 0 radical (unpaired) electrons. The Morgan fingerprint density at radius 2 is 1.66 bits per heavy atom. The molecule has 8 nitrogen and oxygen atoms in total. The van der Waals surface area contributed by atoms with Crippen LogP contribution in [-0.4, -0.2) is 80.8 Å². The summed E-state index contributed by atoms with van der Waals surface area (Å²) in [5.41, 5.74) is 3.22. The van der Waals surface area contributed by atoms with Crippen LogP contribution in [-0.2, 0) is 32.0 Å². The van der Waals surface area contributed by atoms with Crippen molar-refractivity contribution in [3.05, 3.63) is 65.9 Å². The molecule has 0 unspecified atom stereocenters. The number of hydrogen-bond acceptors (Lipinski definition) is 5. The summed E-state index contributed by atoms with van der Waals surface area (Å²) >= 11 is 0. The molecule has 1 N–H and O–H groups in total. The first-order chi connectivity index (χ1) is 17.0. The number of aromatic nitrogens is 1. The number of nitrogens with zero attached hydrogens (tertiary/aromatic N) is 2. The minimum absolute atomic E-state index is 0.00402. The standard InChI is InChI=1S/C27H35N3O5/c1-33-16-6-14-29(27(32)20-34-2)19-26(31)30(18-21-9-11-23(35-3)12-10-21)15-13-22-17-28-25-8-5-4-7-24(22)25/h4-5,7-12,17,28H,6,13-16,18-20H2,1-3H3. The van der Waals surface area contributed by atoms with E-state index in [1.807, 2.05) is 53.6 Å². The molecule has 8 heteroatoms. The number of ether oxygens (including phenoxy) is 3. The molecule has 3 rings (SSSR count). The van der Waals surface area contributed by atoms with Gasteiger partial charge in [0.15, 0.2) is 0 Å². The Bertz CT molecular complexity index is 1080. The summed E-state index contributed by atoms with van der Waals surface area (Å²) in [7, 11) is 4.72. The molecular weight excluding hydrogens is 446 g/mol. The fourth-order valence-electron chi connectivity index (χ4n) is 4.01. The van der Waals surface area contributed by atoms with E-state index in [1.54, 1.807) is 19.1 Å². The number of rotatable bonds is 14. The van der Waals surface area contributed by atoms with Crippen LogP contribution < -0.4 is 4.74 Å². The van der Waals surface area contributed by atoms with Crippen molar-refractivity contribution in [2.24, 2.45) is 0 Å². The van der Waals surface area contributed by atoms with Crippen LogP contribution in [0.1, 0.15) is 17.5 Å². The van der Waals surface area contributed by atoms with Gasteiger partial charge in [-0.25, -0.2) is 0 Å². The van der Waals surface area contributed by atoms with Crippen LogP contribution in [0.4, 0.5) is 0 Å². The molecule has 3 aromatic rings. The highest BCUT2D eigenvalue weighted by molar-refractivity contribution is 5.86. The quantitative estimate of drug-likeness (QED) is 0.357. The summed E-state index contributed by atoms with van der Waals surface area (Å²) < 4.78 is 15.4. The first-order valence-corrected chi connectivity index (χ1v) is 11.8. The van der Waals surface area contributed by atoms with Gasteiger partial charge in [0.1, 0.15) is 12.4 Å². The smallest absolute Gasteiger partial charge is 0.249 e. The second-order valence-electron chi connectivity index (χ2n) is 8.37. The molecule has 0 saturated heterocycles. The second-order valence-corrected chi connectivity index (χ2v) is 8.37. The zero-order valence-electron chi connectivity index (χ0n) is 20.8. The van der Waals surface area contributed by atoms with Crippen LogP contribution in [0.15, 0.2) is 54.7 Å². The molecular formula is C27H35N3O5. The third-order valence-electron chi connectivity index (χ3n) is 5.93. The number of carbonyl (C=O) groups is 2. The molecule has 35 heavy (non-hydrogen) atoms. The average Bonchev–Trinajstić information content (AvgIpc) is 3.29. The summed E-state index contributed by atoms with van der Waals surface area (Å²) in [6, 6.07) is 15.8. The number of para-hydroxylation sites is 1. The highest BCUT2D eigenvalue weighted by Crippen LogP contribution is 2.19. The largest absolute Gasteiger partial charge is 0.497 e. The van der Waals surface area contributed by atoms with Gasteiger partial charge in [0.25, 0.3) is 0 Å². The maximum atomic E-state index is 13.5. The molecule has 2 aromatic carbocycles. The molecule has 0 saturated carbocycles. The fourth-order valence-corrected chi connectivity index (χ4v) is 4.01. The van der Waals surface area contributed by atoms with Gasteiger partial charge >= 0.3 is 0 Å². The molecule has 1 heterocycles. The number of nitrogens with one attached hydrogen (secondary N) is 1. The predicted molar refractivity (Wildman–Crippen MR) is 135 cm³/mol. The SMILES string of the molecule is COCCCN(CC(=O)N(CCc1c[nH]c2ccccc12)Cc1ccc(OC)cc1)C(=O)COC. The van der Waals surface area contributed by atoms with Gasteiger partial charge in [-0.1, -0.05) is 30.3 Å². The highest BCUT2D eigenvalue weighted by atomic mass is 16.5. The Morgan fingerprint density at radius 3 is 2.37 bits per heavy atom. The first-order valence-electron chi connectivity index (χ1n) is 11.8. The van der Waals surface area contributed by atoms with Crippen molar-refractivity contribution in [2.75, 3.05) is 54.2 Å². The van der Waals surface area contributed by atoms with Gasteiger partial charge in [0.2, 0.25) is 11.8 Å². The molecule has 1 aromatic heterocycles. The summed E-state index contributed by atoms with van der Waals surface area (Å²) in [6.07, 6.45) is 3.34. The number of aromatic amines is 1. The van der Waals surface area contributed by atoms with Gasteiger partial charge < -0.3 is 29.0 Å². The zero-order chi connectivity index (χ0) is 25.0. The number of amides is 2. The van der Waals surface area contributed by atoms with Crippen molar-refractivity contribution in [1.82, 2.24) is 14.8 Å². The number of hydrogen-bond donors (Lipinski definition) is 1. The summed E-state index contributed by atoms with van der Waals surface area (Å²) in [6.45, 7) is 1.85. The number of methoxy groups -OCH3 is 3. The van der Waals surface area contributed by atoms with Crippen molar-refractivity contribution < 1.29 is 23.8 Å². The maximum Gasteiger partial charge on any atom is 0.249 e. The van der Waals surface area contributed by atoms with Crippen molar-refractivity contribution in [2.45, 2.75) is 19.4 Å². The summed E-state index contributed by atoms with van der Waals surface area (Å²) in [5.74, 6) is 0.445. The lowest BCUT2D eigenvalue weighted by molar-refractivity contribution is -0.143. The third-order valence-corrected chi connectivity index (χ3v) is 5.93. The molecule has 0 atom stereocenters. The molecule has 188 valence electrons. The van der Waals surface area contributed by atoms with E-state index >= 15 is 0 Å². The van der Waals surface area contributed by atoms with Crippen LogP contribution in [0.25, 0.3) is 10.9 Å². The van der Waals surface area contributed by atoms with Crippen LogP contribution in [0.5, 0.6) is 5.75 Å². The van der Waals surface area contributed by atoms with Gasteiger partial charge in [0, 0.05) is 57.6 Å². The van der Waals surface area contributed by atoms with Gasteiger partial charge in [-0.3, -0.25) is 9.59 Å². The molecule has 0 aliphatic rings. The topological polar surface area (TPSA) is 84.1 Å². The Morgan fingerprint density at radius 1 is 0.886 bits per heavy atom. The zero-order valence-corrected chi connectivity index (χ0v) is 20.8. The van der Waals surface area contributed by atoms with Gasteiger partial charge in [-0.15, -0.1) is 0 Å². The van der Waals surface area contributed by atoms with Gasteiger partial charge in [-0.05, 0) is 42.2 Å². The van der Waals surface area contributed by atoms with Gasteiger partial charge in [-0.2, -0.15) is 0 Å². The molecule has 0 fully saturated rings. The molecule has 0 spiro atoms. The van der Waals surface area contributed by atoms with E-state index in [4.69, 9.17) is 14.2 Å². The monoisotopic (exact) mass is 481 g/mol. The van der Waals surface area contributed by atoms with Crippen molar-refractivity contribution in [3.8, 4) is 5.75 Å². The number of benzene rings is 2. The van der Waals surface area contributed by atoms with Crippen LogP contribution >= 0.6 is 0 Å². The van der Waals surface area contributed by atoms with E-state index < -0.39 is 0 Å². The number of H-pyrrole nitrogens is 1. The van der Waals surface area contributed by atoms with E-state index in [0.29, 0.717) is 39.1 Å². The molecule has 2 amide bonds. The predicted octanol–water partition coefficient (Wildman–Crippen LogP) is 3.26. The number of carbonyl (C=O) groups excluding carboxylic acids is 2. The average molecular weight is 482 g/mol. The maximum absolute atomic E-state index is 13.5. The minimum Gasteiger partial charge on any atom is -0.497 e. The Labute approximate surface area is 206 Å². The molecule has 0 bridgehead atoms. The second kappa shape index (κ2) is 13.5. The lowest BCUT2D eigenvalue weighted by Gasteiger charge is -2.28. The fraction of sp³-hybridized carbons (Fsp3) is 0.407. The lowest BCUT2D eigenvalue weighted by Crippen LogP contribution is -2.45. The van der Waals surface area contributed by atoms with Crippen molar-refractivity contribution >= 4 is 22.7 Å². The Kier molecular flexibility index (Phi) is 10.1. The highest BCUT2D eigenvalue weighted by Gasteiger charge is 2.22. The van der Waals surface area contributed by atoms with Crippen LogP contribution in [0.2, 0.25) is 0 Å². The third kappa shape index (κ3) is 7.56. The van der Waals surface area contributed by atoms with Crippen LogP contribution in [0.3, 0.4) is 0 Å².